The minimum Gasteiger partial charge on any atom is -0.457 e. The van der Waals surface area contributed by atoms with Crippen LogP contribution in [0.2, 0.25) is 0 Å². The summed E-state index contributed by atoms with van der Waals surface area (Å²) in [6, 6.07) is 23.9. The molecule has 0 radical (unpaired) electrons. The molecule has 3 aromatic carbocycles. The molecule has 8 heteroatoms. The summed E-state index contributed by atoms with van der Waals surface area (Å²) in [4.78, 5) is 29.3. The largest absolute Gasteiger partial charge is 0.457 e. The van der Waals surface area contributed by atoms with Crippen molar-refractivity contribution < 1.29 is 14.3 Å². The minimum absolute atomic E-state index is 0.270. The molecule has 0 N–H and O–H groups in total. The van der Waals surface area contributed by atoms with Crippen molar-refractivity contribution in [3.05, 3.63) is 99.3 Å². The smallest absolute Gasteiger partial charge is 0.308 e. The maximum Gasteiger partial charge on any atom is 0.308 e. The SMILES string of the molecule is CC(=O)Oc1ccccc1-c1nc2sc(=Cc3cccc(Oc4ccccc4)c3)c(=O)n2n1. The third-order valence-corrected chi connectivity index (χ3v) is 5.66. The van der Waals surface area contributed by atoms with Gasteiger partial charge in [0.2, 0.25) is 4.96 Å². The molecule has 0 fully saturated rings. The first kappa shape index (κ1) is 20.6. The van der Waals surface area contributed by atoms with Crippen LogP contribution in [0.4, 0.5) is 0 Å². The van der Waals surface area contributed by atoms with Gasteiger partial charge in [-0.15, -0.1) is 5.10 Å². The van der Waals surface area contributed by atoms with Crippen LogP contribution in [-0.4, -0.2) is 20.6 Å². The van der Waals surface area contributed by atoms with Crippen molar-refractivity contribution in [2.45, 2.75) is 6.92 Å². The van der Waals surface area contributed by atoms with Crippen LogP contribution in [0.5, 0.6) is 17.2 Å². The van der Waals surface area contributed by atoms with E-state index in [-0.39, 0.29) is 5.56 Å². The number of nitrogens with zero attached hydrogens (tertiary/aromatic N) is 3. The quantitative estimate of drug-likeness (QED) is 0.293. The van der Waals surface area contributed by atoms with Crippen LogP contribution in [0.25, 0.3) is 22.4 Å². The Labute approximate surface area is 192 Å². The summed E-state index contributed by atoms with van der Waals surface area (Å²) in [7, 11) is 0. The molecule has 0 aliphatic heterocycles. The molecule has 0 unspecified atom stereocenters. The van der Waals surface area contributed by atoms with Gasteiger partial charge >= 0.3 is 5.97 Å². The first-order valence-electron chi connectivity index (χ1n) is 10.1. The molecule has 0 saturated carbocycles. The van der Waals surface area contributed by atoms with Crippen molar-refractivity contribution in [2.24, 2.45) is 0 Å². The lowest BCUT2D eigenvalue weighted by molar-refractivity contribution is -0.131. The summed E-state index contributed by atoms with van der Waals surface area (Å²) < 4.78 is 12.9. The van der Waals surface area contributed by atoms with Gasteiger partial charge in [-0.2, -0.15) is 9.50 Å². The zero-order chi connectivity index (χ0) is 22.8. The number of hydrogen-bond donors (Lipinski definition) is 0. The van der Waals surface area contributed by atoms with Crippen LogP contribution >= 0.6 is 11.3 Å². The van der Waals surface area contributed by atoms with Gasteiger partial charge in [0.05, 0.1) is 10.1 Å². The predicted molar refractivity (Wildman–Crippen MR) is 126 cm³/mol. The summed E-state index contributed by atoms with van der Waals surface area (Å²) in [5.74, 6) is 1.63. The first-order valence-corrected chi connectivity index (χ1v) is 10.9. The van der Waals surface area contributed by atoms with Gasteiger partial charge in [0.15, 0.2) is 5.82 Å². The number of fused-ring (bicyclic) bond motifs is 1. The van der Waals surface area contributed by atoms with Gasteiger partial charge in [-0.3, -0.25) is 9.59 Å². The normalized spacial score (nSPS) is 11.6. The van der Waals surface area contributed by atoms with Crippen molar-refractivity contribution in [2.75, 3.05) is 0 Å². The lowest BCUT2D eigenvalue weighted by Gasteiger charge is -2.05. The molecule has 0 atom stereocenters. The second kappa shape index (κ2) is 8.68. The Bertz CT molecular complexity index is 1570. The molecule has 0 amide bonds. The van der Waals surface area contributed by atoms with E-state index in [1.54, 1.807) is 30.3 Å². The average Bonchev–Trinajstić information content (AvgIpc) is 3.34. The van der Waals surface area contributed by atoms with E-state index in [0.717, 1.165) is 11.3 Å². The number of hydrogen-bond acceptors (Lipinski definition) is 7. The van der Waals surface area contributed by atoms with E-state index in [9.17, 15) is 9.59 Å². The van der Waals surface area contributed by atoms with Crippen LogP contribution < -0.4 is 19.6 Å². The third-order valence-electron chi connectivity index (χ3n) is 4.70. The molecule has 0 saturated heterocycles. The van der Waals surface area contributed by atoms with Gasteiger partial charge in [-0.1, -0.05) is 53.8 Å². The Balaban J connectivity index is 1.49. The van der Waals surface area contributed by atoms with E-state index < -0.39 is 5.97 Å². The highest BCUT2D eigenvalue weighted by atomic mass is 32.1. The Morgan fingerprint density at radius 2 is 1.73 bits per heavy atom. The molecule has 2 heterocycles. The van der Waals surface area contributed by atoms with Crippen molar-refractivity contribution in [1.82, 2.24) is 14.6 Å². The zero-order valence-electron chi connectivity index (χ0n) is 17.5. The number of carbonyl (C=O) groups is 1. The molecule has 162 valence electrons. The maximum atomic E-state index is 12.9. The second-order valence-electron chi connectivity index (χ2n) is 7.12. The highest BCUT2D eigenvalue weighted by Gasteiger charge is 2.16. The maximum absolute atomic E-state index is 12.9. The molecular weight excluding hydrogens is 438 g/mol. The lowest BCUT2D eigenvalue weighted by Crippen LogP contribution is -2.23. The number of aromatic nitrogens is 3. The van der Waals surface area contributed by atoms with Crippen molar-refractivity contribution in [1.29, 1.82) is 0 Å². The summed E-state index contributed by atoms with van der Waals surface area (Å²) in [6.07, 6.45) is 1.79. The van der Waals surface area contributed by atoms with Gasteiger partial charge in [0, 0.05) is 6.92 Å². The molecule has 5 aromatic rings. The van der Waals surface area contributed by atoms with Crippen molar-refractivity contribution in [3.8, 4) is 28.6 Å². The topological polar surface area (TPSA) is 82.8 Å². The molecular formula is C25H17N3O4S. The van der Waals surface area contributed by atoms with Crippen LogP contribution in [0.1, 0.15) is 12.5 Å². The molecule has 0 aliphatic carbocycles. The number of para-hydroxylation sites is 2. The van der Waals surface area contributed by atoms with Crippen LogP contribution in [-0.2, 0) is 4.79 Å². The lowest BCUT2D eigenvalue weighted by atomic mass is 10.2. The van der Waals surface area contributed by atoms with E-state index in [1.807, 2.05) is 54.6 Å². The number of ether oxygens (including phenoxy) is 2. The van der Waals surface area contributed by atoms with Crippen LogP contribution in [0.15, 0.2) is 83.7 Å². The summed E-state index contributed by atoms with van der Waals surface area (Å²) >= 11 is 1.24. The molecule has 33 heavy (non-hydrogen) atoms. The van der Waals surface area contributed by atoms with E-state index in [0.29, 0.717) is 32.4 Å². The van der Waals surface area contributed by atoms with Gasteiger partial charge in [0.1, 0.15) is 17.2 Å². The fourth-order valence-electron chi connectivity index (χ4n) is 3.29. The summed E-state index contributed by atoms with van der Waals surface area (Å²) in [6.45, 7) is 1.33. The fourth-order valence-corrected chi connectivity index (χ4v) is 4.19. The average molecular weight is 455 g/mol. The fraction of sp³-hybridized carbons (Fsp3) is 0.0400. The monoisotopic (exact) mass is 455 g/mol. The van der Waals surface area contributed by atoms with Gasteiger partial charge in [0.25, 0.3) is 5.56 Å². The van der Waals surface area contributed by atoms with Crippen LogP contribution in [0.3, 0.4) is 0 Å². The Morgan fingerprint density at radius 1 is 0.970 bits per heavy atom. The van der Waals surface area contributed by atoms with Gasteiger partial charge < -0.3 is 9.47 Å². The van der Waals surface area contributed by atoms with E-state index in [2.05, 4.69) is 10.1 Å². The molecule has 5 rings (SSSR count). The number of esters is 1. The molecule has 0 aliphatic rings. The van der Waals surface area contributed by atoms with E-state index >= 15 is 0 Å². The van der Waals surface area contributed by atoms with Gasteiger partial charge in [-0.05, 0) is 48.0 Å². The standard InChI is InChI=1S/C25H17N3O4S/c1-16(29)31-21-13-6-5-12-20(21)23-26-25-28(27-23)24(30)22(33-25)15-17-8-7-11-19(14-17)32-18-9-3-2-4-10-18/h2-15H,1H3. The van der Waals surface area contributed by atoms with Crippen molar-refractivity contribution in [3.63, 3.8) is 0 Å². The number of benzene rings is 3. The third kappa shape index (κ3) is 4.37. The Hall–Kier alpha value is -4.30. The molecule has 7 nitrogen and oxygen atoms in total. The van der Waals surface area contributed by atoms with E-state index in [1.165, 1.54) is 22.8 Å². The summed E-state index contributed by atoms with van der Waals surface area (Å²) in [5.41, 5.74) is 1.10. The number of carbonyl (C=O) groups excluding carboxylic acids is 1. The highest BCUT2D eigenvalue weighted by Crippen LogP contribution is 2.28. The predicted octanol–water partition coefficient (Wildman–Crippen LogP) is 4.08. The first-order chi connectivity index (χ1) is 16.1. The molecule has 0 bridgehead atoms. The van der Waals surface area contributed by atoms with E-state index in [4.69, 9.17) is 9.47 Å². The molecule has 2 aromatic heterocycles. The second-order valence-corrected chi connectivity index (χ2v) is 8.13. The summed E-state index contributed by atoms with van der Waals surface area (Å²) in [5, 5.41) is 4.35. The van der Waals surface area contributed by atoms with Gasteiger partial charge in [-0.25, -0.2) is 0 Å². The Kier molecular flexibility index (Phi) is 5.42. The van der Waals surface area contributed by atoms with Crippen LogP contribution in [0, 0.1) is 0 Å². The zero-order valence-corrected chi connectivity index (χ0v) is 18.3. The Morgan fingerprint density at radius 3 is 2.52 bits per heavy atom. The number of rotatable bonds is 5. The highest BCUT2D eigenvalue weighted by molar-refractivity contribution is 7.15. The van der Waals surface area contributed by atoms with Crippen molar-refractivity contribution >= 4 is 28.3 Å². The molecule has 0 spiro atoms. The number of thiazole rings is 1. The minimum atomic E-state index is -0.441.